The Morgan fingerprint density at radius 1 is 1.70 bits per heavy atom. The van der Waals surface area contributed by atoms with Crippen LogP contribution in [0.1, 0.15) is 4.88 Å². The molecule has 0 fully saturated rings. The Bertz CT molecular complexity index is 208. The van der Waals surface area contributed by atoms with Crippen molar-refractivity contribution in [2.24, 2.45) is 0 Å². The molecule has 52 valence electrons. The zero-order chi connectivity index (χ0) is 7.23. The van der Waals surface area contributed by atoms with Crippen molar-refractivity contribution in [2.75, 3.05) is 6.54 Å². The molecule has 0 spiro atoms. The van der Waals surface area contributed by atoms with Crippen LogP contribution >= 0.6 is 11.3 Å². The van der Waals surface area contributed by atoms with E-state index < -0.39 is 0 Å². The maximum Gasteiger partial charge on any atom is 0.0576 e. The Morgan fingerprint density at radius 2 is 2.60 bits per heavy atom. The summed E-state index contributed by atoms with van der Waals surface area (Å²) in [4.78, 5) is 1.33. The van der Waals surface area contributed by atoms with E-state index in [1.54, 1.807) is 11.3 Å². The number of terminal acetylenes is 1. The highest BCUT2D eigenvalue weighted by molar-refractivity contribution is 7.09. The van der Waals surface area contributed by atoms with Crippen LogP contribution in [0.15, 0.2) is 17.5 Å². The van der Waals surface area contributed by atoms with Crippen molar-refractivity contribution < 1.29 is 0 Å². The van der Waals surface area contributed by atoms with Gasteiger partial charge in [-0.25, -0.2) is 0 Å². The number of rotatable bonds is 3. The third-order valence-corrected chi connectivity index (χ3v) is 1.98. The van der Waals surface area contributed by atoms with Gasteiger partial charge in [-0.2, -0.15) is 0 Å². The maximum atomic E-state index is 5.06. The first-order valence-electron chi connectivity index (χ1n) is 3.10. The lowest BCUT2D eigenvalue weighted by Crippen LogP contribution is -2.11. The third-order valence-electron chi connectivity index (χ3n) is 1.11. The van der Waals surface area contributed by atoms with Gasteiger partial charge in [0.2, 0.25) is 0 Å². The molecule has 0 saturated carbocycles. The van der Waals surface area contributed by atoms with Gasteiger partial charge in [0.15, 0.2) is 0 Å². The van der Waals surface area contributed by atoms with E-state index in [4.69, 9.17) is 6.42 Å². The van der Waals surface area contributed by atoms with Gasteiger partial charge in [-0.05, 0) is 11.4 Å². The second-order valence-corrected chi connectivity index (χ2v) is 2.92. The molecule has 0 radical (unpaired) electrons. The van der Waals surface area contributed by atoms with Crippen LogP contribution < -0.4 is 5.32 Å². The Morgan fingerprint density at radius 3 is 3.20 bits per heavy atom. The molecule has 10 heavy (non-hydrogen) atoms. The lowest BCUT2D eigenvalue weighted by molar-refractivity contribution is 0.781. The van der Waals surface area contributed by atoms with Crippen molar-refractivity contribution in [3.63, 3.8) is 0 Å². The fraction of sp³-hybridized carbons (Fsp3) is 0.250. The van der Waals surface area contributed by atoms with Gasteiger partial charge in [-0.3, -0.25) is 0 Å². The van der Waals surface area contributed by atoms with Crippen molar-refractivity contribution in [3.05, 3.63) is 22.4 Å². The highest BCUT2D eigenvalue weighted by Crippen LogP contribution is 2.06. The van der Waals surface area contributed by atoms with Crippen LogP contribution in [0.5, 0.6) is 0 Å². The number of hydrogen-bond donors (Lipinski definition) is 1. The zero-order valence-corrected chi connectivity index (χ0v) is 6.45. The number of thiophene rings is 1. The average molecular weight is 151 g/mol. The molecule has 1 heterocycles. The Labute approximate surface area is 65.1 Å². The van der Waals surface area contributed by atoms with Crippen LogP contribution in [0.3, 0.4) is 0 Å². The molecule has 0 unspecified atom stereocenters. The summed E-state index contributed by atoms with van der Waals surface area (Å²) in [5.41, 5.74) is 0. The molecule has 1 nitrogen and oxygen atoms in total. The predicted octanol–water partition coefficient (Wildman–Crippen LogP) is 1.47. The molecule has 0 aromatic carbocycles. The lowest BCUT2D eigenvalue weighted by Gasteiger charge is -1.94. The fourth-order valence-electron chi connectivity index (χ4n) is 0.671. The molecule has 1 N–H and O–H groups in total. The van der Waals surface area contributed by atoms with Gasteiger partial charge in [0.1, 0.15) is 0 Å². The highest BCUT2D eigenvalue weighted by atomic mass is 32.1. The van der Waals surface area contributed by atoms with E-state index in [1.807, 2.05) is 6.07 Å². The molecule has 0 atom stereocenters. The quantitative estimate of drug-likeness (QED) is 0.509. The van der Waals surface area contributed by atoms with Crippen LogP contribution in [-0.2, 0) is 6.54 Å². The second-order valence-electron chi connectivity index (χ2n) is 1.89. The van der Waals surface area contributed by atoms with Crippen molar-refractivity contribution in [1.82, 2.24) is 5.32 Å². The minimum Gasteiger partial charge on any atom is -0.301 e. The summed E-state index contributed by atoms with van der Waals surface area (Å²) < 4.78 is 0. The van der Waals surface area contributed by atoms with Gasteiger partial charge in [0, 0.05) is 11.4 Å². The van der Waals surface area contributed by atoms with Crippen molar-refractivity contribution in [3.8, 4) is 12.3 Å². The summed E-state index contributed by atoms with van der Waals surface area (Å²) in [7, 11) is 0. The van der Waals surface area contributed by atoms with Crippen LogP contribution in [0.25, 0.3) is 0 Å². The molecule has 1 aromatic heterocycles. The monoisotopic (exact) mass is 151 g/mol. The molecule has 0 aliphatic rings. The van der Waals surface area contributed by atoms with Crippen LogP contribution in [-0.4, -0.2) is 6.54 Å². The summed E-state index contributed by atoms with van der Waals surface area (Å²) >= 11 is 1.74. The first-order valence-corrected chi connectivity index (χ1v) is 3.98. The summed E-state index contributed by atoms with van der Waals surface area (Å²) in [5.74, 6) is 2.52. The fourth-order valence-corrected chi connectivity index (χ4v) is 1.35. The molecular weight excluding hydrogens is 142 g/mol. The molecule has 1 aromatic rings. The maximum absolute atomic E-state index is 5.06. The largest absolute Gasteiger partial charge is 0.301 e. The van der Waals surface area contributed by atoms with Crippen LogP contribution in [0, 0.1) is 12.3 Å². The average Bonchev–Trinajstić information content (AvgIpc) is 2.41. The van der Waals surface area contributed by atoms with Gasteiger partial charge in [-0.1, -0.05) is 12.0 Å². The zero-order valence-electron chi connectivity index (χ0n) is 5.63. The molecule has 0 aliphatic carbocycles. The van der Waals surface area contributed by atoms with Crippen molar-refractivity contribution in [1.29, 1.82) is 0 Å². The minimum atomic E-state index is 0.651. The van der Waals surface area contributed by atoms with Gasteiger partial charge < -0.3 is 5.32 Å². The Balaban J connectivity index is 2.23. The molecule has 0 aliphatic heterocycles. The van der Waals surface area contributed by atoms with E-state index >= 15 is 0 Å². The summed E-state index contributed by atoms with van der Waals surface area (Å²) in [5, 5.41) is 5.17. The topological polar surface area (TPSA) is 12.0 Å². The van der Waals surface area contributed by atoms with Crippen molar-refractivity contribution >= 4 is 11.3 Å². The Kier molecular flexibility index (Phi) is 3.01. The molecule has 0 saturated heterocycles. The molecule has 1 rings (SSSR count). The Hall–Kier alpha value is -0.780. The smallest absolute Gasteiger partial charge is 0.0576 e. The summed E-state index contributed by atoms with van der Waals surface area (Å²) in [6.07, 6.45) is 5.06. The molecular formula is C8H9NS. The van der Waals surface area contributed by atoms with E-state index in [9.17, 15) is 0 Å². The molecule has 2 heteroatoms. The summed E-state index contributed by atoms with van der Waals surface area (Å²) in [6.45, 7) is 1.54. The predicted molar refractivity (Wildman–Crippen MR) is 44.9 cm³/mol. The van der Waals surface area contributed by atoms with E-state index in [1.165, 1.54) is 4.88 Å². The normalized spacial score (nSPS) is 9.10. The highest BCUT2D eigenvalue weighted by Gasteiger charge is 1.88. The van der Waals surface area contributed by atoms with E-state index in [0.717, 1.165) is 6.54 Å². The number of hydrogen-bond acceptors (Lipinski definition) is 2. The van der Waals surface area contributed by atoms with Crippen LogP contribution in [0.2, 0.25) is 0 Å². The minimum absolute atomic E-state index is 0.651. The van der Waals surface area contributed by atoms with E-state index in [0.29, 0.717) is 6.54 Å². The molecule has 0 amide bonds. The summed E-state index contributed by atoms with van der Waals surface area (Å²) in [6, 6.07) is 4.13. The van der Waals surface area contributed by atoms with Gasteiger partial charge >= 0.3 is 0 Å². The first-order chi connectivity index (χ1) is 4.93. The van der Waals surface area contributed by atoms with Gasteiger partial charge in [-0.15, -0.1) is 17.8 Å². The lowest BCUT2D eigenvalue weighted by atomic mass is 10.4. The van der Waals surface area contributed by atoms with E-state index in [-0.39, 0.29) is 0 Å². The third kappa shape index (κ3) is 2.22. The van der Waals surface area contributed by atoms with Gasteiger partial charge in [0.25, 0.3) is 0 Å². The van der Waals surface area contributed by atoms with E-state index in [2.05, 4.69) is 22.7 Å². The van der Waals surface area contributed by atoms with Crippen molar-refractivity contribution in [2.45, 2.75) is 6.54 Å². The second kappa shape index (κ2) is 4.10. The van der Waals surface area contributed by atoms with Crippen LogP contribution in [0.4, 0.5) is 0 Å². The first kappa shape index (κ1) is 7.33. The SMILES string of the molecule is C#CCNCc1cccs1. The number of nitrogens with one attached hydrogen (secondary N) is 1. The standard InChI is InChI=1S/C8H9NS/c1-2-5-9-7-8-4-3-6-10-8/h1,3-4,6,9H,5,7H2. The van der Waals surface area contributed by atoms with Gasteiger partial charge in [0.05, 0.1) is 6.54 Å². The molecule has 0 bridgehead atoms.